The lowest BCUT2D eigenvalue weighted by Crippen LogP contribution is -2.26. The van der Waals surface area contributed by atoms with Crippen LogP contribution in [0.2, 0.25) is 0 Å². The van der Waals surface area contributed by atoms with Gasteiger partial charge in [-0.25, -0.2) is 0 Å². The third-order valence-corrected chi connectivity index (χ3v) is 2.14. The zero-order chi connectivity index (χ0) is 9.94. The van der Waals surface area contributed by atoms with Crippen LogP contribution >= 0.6 is 0 Å². The third kappa shape index (κ3) is 8.26. The Morgan fingerprint density at radius 3 is 2.46 bits per heavy atom. The van der Waals surface area contributed by atoms with Crippen molar-refractivity contribution in [1.29, 1.82) is 0 Å². The second-order valence-electron chi connectivity index (χ2n) is 3.55. The summed E-state index contributed by atoms with van der Waals surface area (Å²) in [5.74, 6) is 0. The van der Waals surface area contributed by atoms with Crippen molar-refractivity contribution in [3.05, 3.63) is 0 Å². The molecule has 0 saturated heterocycles. The van der Waals surface area contributed by atoms with Gasteiger partial charge >= 0.3 is 0 Å². The van der Waals surface area contributed by atoms with Crippen molar-refractivity contribution in [2.75, 3.05) is 20.2 Å². The van der Waals surface area contributed by atoms with Crippen LogP contribution in [0.1, 0.15) is 46.0 Å². The Bertz CT molecular complexity index is 90.1. The second-order valence-corrected chi connectivity index (χ2v) is 3.55. The molecule has 0 amide bonds. The van der Waals surface area contributed by atoms with Crippen LogP contribution in [0.25, 0.3) is 0 Å². The molecule has 0 radical (unpaired) electrons. The first-order valence-electron chi connectivity index (χ1n) is 5.61. The molecule has 0 saturated carbocycles. The number of likely N-dealkylation sites (N-methyl/N-ethyl adjacent to an activating group) is 1. The number of hydrogen-bond acceptors (Lipinski definition) is 2. The van der Waals surface area contributed by atoms with Crippen LogP contribution in [0.4, 0.5) is 0 Å². The Labute approximate surface area is 83.1 Å². The highest BCUT2D eigenvalue weighted by molar-refractivity contribution is 4.59. The second kappa shape index (κ2) is 10.0. The summed E-state index contributed by atoms with van der Waals surface area (Å²) in [6.07, 6.45) is 6.58. The molecule has 80 valence electrons. The van der Waals surface area contributed by atoms with Crippen LogP contribution in [0, 0.1) is 0 Å². The summed E-state index contributed by atoms with van der Waals surface area (Å²) in [6.45, 7) is 6.34. The van der Waals surface area contributed by atoms with Gasteiger partial charge in [-0.15, -0.1) is 0 Å². The van der Waals surface area contributed by atoms with E-state index in [1.807, 2.05) is 7.05 Å². The molecule has 0 rings (SSSR count). The van der Waals surface area contributed by atoms with Crippen molar-refractivity contribution in [3.8, 4) is 0 Å². The molecule has 0 aliphatic carbocycles. The highest BCUT2D eigenvalue weighted by Gasteiger charge is 2.05. The van der Waals surface area contributed by atoms with Crippen LogP contribution < -0.4 is 5.32 Å². The molecule has 0 heterocycles. The lowest BCUT2D eigenvalue weighted by atomic mass is 10.2. The molecule has 1 unspecified atom stereocenters. The average molecular weight is 187 g/mol. The van der Waals surface area contributed by atoms with Gasteiger partial charge in [0.1, 0.15) is 0 Å². The Morgan fingerprint density at radius 1 is 1.15 bits per heavy atom. The molecule has 0 aliphatic heterocycles. The topological polar surface area (TPSA) is 21.3 Å². The smallest absolute Gasteiger partial charge is 0.0699 e. The molecule has 2 nitrogen and oxygen atoms in total. The Morgan fingerprint density at radius 2 is 1.92 bits per heavy atom. The molecule has 2 heteroatoms. The van der Waals surface area contributed by atoms with Crippen LogP contribution in [-0.2, 0) is 4.74 Å². The molecule has 0 bridgehead atoms. The van der Waals surface area contributed by atoms with Crippen LogP contribution in [0.5, 0.6) is 0 Å². The molecule has 0 aromatic heterocycles. The predicted molar refractivity (Wildman–Crippen MR) is 58.1 cm³/mol. The Balaban J connectivity index is 3.33. The molecule has 0 fully saturated rings. The zero-order valence-corrected chi connectivity index (χ0v) is 9.44. The van der Waals surface area contributed by atoms with Gasteiger partial charge in [0.25, 0.3) is 0 Å². The minimum Gasteiger partial charge on any atom is -0.377 e. The van der Waals surface area contributed by atoms with Gasteiger partial charge in [0, 0.05) is 13.2 Å². The first-order chi connectivity index (χ1) is 6.35. The maximum Gasteiger partial charge on any atom is 0.0699 e. The van der Waals surface area contributed by atoms with E-state index in [9.17, 15) is 0 Å². The van der Waals surface area contributed by atoms with E-state index in [1.165, 1.54) is 32.1 Å². The van der Waals surface area contributed by atoms with E-state index in [4.69, 9.17) is 4.74 Å². The number of ether oxygens (including phenoxy) is 1. The number of nitrogens with one attached hydrogen (secondary N) is 1. The van der Waals surface area contributed by atoms with Gasteiger partial charge < -0.3 is 10.1 Å². The summed E-state index contributed by atoms with van der Waals surface area (Å²) in [6, 6.07) is 0. The lowest BCUT2D eigenvalue weighted by Gasteiger charge is -2.16. The fourth-order valence-corrected chi connectivity index (χ4v) is 1.40. The molecule has 13 heavy (non-hydrogen) atoms. The molecule has 0 spiro atoms. The number of hydrogen-bond donors (Lipinski definition) is 1. The molecule has 1 N–H and O–H groups in total. The van der Waals surface area contributed by atoms with Crippen molar-refractivity contribution in [3.63, 3.8) is 0 Å². The Kier molecular flexibility index (Phi) is 9.94. The van der Waals surface area contributed by atoms with Crippen molar-refractivity contribution in [2.45, 2.75) is 52.1 Å². The molecular weight excluding hydrogens is 162 g/mol. The van der Waals surface area contributed by atoms with Gasteiger partial charge in [-0.3, -0.25) is 0 Å². The summed E-state index contributed by atoms with van der Waals surface area (Å²) >= 11 is 0. The van der Waals surface area contributed by atoms with Gasteiger partial charge in [-0.2, -0.15) is 0 Å². The summed E-state index contributed by atoms with van der Waals surface area (Å²) in [4.78, 5) is 0. The molecule has 0 aromatic carbocycles. The van der Waals surface area contributed by atoms with Crippen LogP contribution in [0.15, 0.2) is 0 Å². The van der Waals surface area contributed by atoms with E-state index >= 15 is 0 Å². The average Bonchev–Trinajstić information content (AvgIpc) is 2.13. The standard InChI is InChI=1S/C11H25NO/c1-4-6-7-9-13-11(8-5-2)10-12-3/h11-12H,4-10H2,1-3H3. The van der Waals surface area contributed by atoms with Crippen molar-refractivity contribution in [1.82, 2.24) is 5.32 Å². The van der Waals surface area contributed by atoms with E-state index in [1.54, 1.807) is 0 Å². The first-order valence-corrected chi connectivity index (χ1v) is 5.61. The summed E-state index contributed by atoms with van der Waals surface area (Å²) in [7, 11) is 1.98. The SMILES string of the molecule is CCCCCOC(CCC)CNC. The lowest BCUT2D eigenvalue weighted by molar-refractivity contribution is 0.0459. The fraction of sp³-hybridized carbons (Fsp3) is 1.00. The molecule has 0 aromatic rings. The van der Waals surface area contributed by atoms with Gasteiger partial charge in [-0.1, -0.05) is 33.1 Å². The van der Waals surface area contributed by atoms with Gasteiger partial charge in [0.2, 0.25) is 0 Å². The fourth-order valence-electron chi connectivity index (χ4n) is 1.40. The summed E-state index contributed by atoms with van der Waals surface area (Å²) in [5, 5.41) is 3.17. The number of unbranched alkanes of at least 4 members (excludes halogenated alkanes) is 2. The Hall–Kier alpha value is -0.0800. The maximum atomic E-state index is 5.76. The van der Waals surface area contributed by atoms with Gasteiger partial charge in [0.05, 0.1) is 6.10 Å². The van der Waals surface area contributed by atoms with Gasteiger partial charge in [0.15, 0.2) is 0 Å². The van der Waals surface area contributed by atoms with Gasteiger partial charge in [-0.05, 0) is 19.9 Å². The third-order valence-electron chi connectivity index (χ3n) is 2.14. The van der Waals surface area contributed by atoms with Crippen molar-refractivity contribution in [2.24, 2.45) is 0 Å². The molecular formula is C11H25NO. The first kappa shape index (κ1) is 12.9. The predicted octanol–water partition coefficient (Wildman–Crippen LogP) is 2.58. The summed E-state index contributed by atoms with van der Waals surface area (Å²) in [5.41, 5.74) is 0. The summed E-state index contributed by atoms with van der Waals surface area (Å²) < 4.78 is 5.76. The van der Waals surface area contributed by atoms with E-state index in [0.29, 0.717) is 6.10 Å². The van der Waals surface area contributed by atoms with Crippen LogP contribution in [-0.4, -0.2) is 26.3 Å². The normalized spacial score (nSPS) is 13.2. The van der Waals surface area contributed by atoms with Crippen LogP contribution in [0.3, 0.4) is 0 Å². The van der Waals surface area contributed by atoms with E-state index in [2.05, 4.69) is 19.2 Å². The van der Waals surface area contributed by atoms with E-state index in [-0.39, 0.29) is 0 Å². The minimum absolute atomic E-state index is 0.423. The highest BCUT2D eigenvalue weighted by atomic mass is 16.5. The van der Waals surface area contributed by atoms with E-state index < -0.39 is 0 Å². The van der Waals surface area contributed by atoms with E-state index in [0.717, 1.165) is 13.2 Å². The quantitative estimate of drug-likeness (QED) is 0.560. The molecule has 0 aliphatic rings. The largest absolute Gasteiger partial charge is 0.377 e. The number of rotatable bonds is 9. The minimum atomic E-state index is 0.423. The van der Waals surface area contributed by atoms with Crippen molar-refractivity contribution >= 4 is 0 Å². The monoisotopic (exact) mass is 187 g/mol. The van der Waals surface area contributed by atoms with Crippen molar-refractivity contribution < 1.29 is 4.74 Å². The highest BCUT2D eigenvalue weighted by Crippen LogP contribution is 2.03. The molecule has 1 atom stereocenters. The zero-order valence-electron chi connectivity index (χ0n) is 9.44. The maximum absolute atomic E-state index is 5.76.